The van der Waals surface area contributed by atoms with Crippen LogP contribution in [0.25, 0.3) is 0 Å². The maximum absolute atomic E-state index is 14.6. The van der Waals surface area contributed by atoms with Crippen molar-refractivity contribution in [1.29, 1.82) is 5.26 Å². The van der Waals surface area contributed by atoms with E-state index in [0.717, 1.165) is 12.1 Å². The second-order valence-corrected chi connectivity index (χ2v) is 9.46. The lowest BCUT2D eigenvalue weighted by Gasteiger charge is -2.19. The maximum Gasteiger partial charge on any atom is 0.253 e. The largest absolute Gasteiger partial charge is 0.351 e. The molecular formula is C25H25FN6O3S. The van der Waals surface area contributed by atoms with E-state index >= 15 is 0 Å². The summed E-state index contributed by atoms with van der Waals surface area (Å²) >= 11 is 0. The number of carbonyl (C=O) groups excluding carboxylic acids is 1. The number of rotatable bonds is 8. The van der Waals surface area contributed by atoms with Crippen molar-refractivity contribution in [3.63, 3.8) is 0 Å². The summed E-state index contributed by atoms with van der Waals surface area (Å²) in [4.78, 5) is 21.1. The molecule has 0 radical (unpaired) electrons. The number of aliphatic imine (C=N–C) groups is 1. The lowest BCUT2D eigenvalue weighted by atomic mass is 10.2. The average molecular weight is 509 g/mol. The van der Waals surface area contributed by atoms with Gasteiger partial charge in [-0.3, -0.25) is 9.78 Å². The number of hydrogen-bond acceptors (Lipinski definition) is 6. The summed E-state index contributed by atoms with van der Waals surface area (Å²) in [6, 6.07) is 12.6. The summed E-state index contributed by atoms with van der Waals surface area (Å²) in [7, 11) is -4.21. The van der Waals surface area contributed by atoms with E-state index in [2.05, 4.69) is 20.6 Å². The highest BCUT2D eigenvalue weighted by atomic mass is 32.2. The smallest absolute Gasteiger partial charge is 0.253 e. The number of nitrogens with zero attached hydrogens (tertiary/aromatic N) is 4. The zero-order valence-electron chi connectivity index (χ0n) is 19.8. The minimum Gasteiger partial charge on any atom is -0.351 e. The van der Waals surface area contributed by atoms with Gasteiger partial charge >= 0.3 is 0 Å². The first-order valence-corrected chi connectivity index (χ1v) is 12.6. The van der Waals surface area contributed by atoms with Gasteiger partial charge in [-0.25, -0.2) is 12.8 Å². The fraction of sp³-hybridized carbons (Fsp3) is 0.200. The first kappa shape index (κ1) is 26.3. The average Bonchev–Trinajstić information content (AvgIpc) is 2.89. The number of nitrogens with one attached hydrogen (secondary N) is 2. The topological polar surface area (TPSA) is 128 Å². The second-order valence-electron chi connectivity index (χ2n) is 7.54. The lowest BCUT2D eigenvalue weighted by molar-refractivity contribution is 0.0772. The minimum absolute atomic E-state index is 0.102. The Labute approximate surface area is 209 Å². The molecule has 0 unspecified atom stereocenters. The highest BCUT2D eigenvalue weighted by Crippen LogP contribution is 2.25. The molecule has 0 bridgehead atoms. The van der Waals surface area contributed by atoms with Crippen LogP contribution in [0.4, 0.5) is 10.1 Å². The molecule has 1 heterocycles. The van der Waals surface area contributed by atoms with Crippen LogP contribution in [0.2, 0.25) is 0 Å². The van der Waals surface area contributed by atoms with E-state index in [4.69, 9.17) is 5.26 Å². The zero-order valence-corrected chi connectivity index (χ0v) is 20.6. The van der Waals surface area contributed by atoms with Crippen molar-refractivity contribution in [2.45, 2.75) is 30.2 Å². The number of sulfone groups is 1. The predicted octanol–water partition coefficient (Wildman–Crippen LogP) is 3.57. The van der Waals surface area contributed by atoms with E-state index in [1.807, 2.05) is 13.8 Å². The molecule has 36 heavy (non-hydrogen) atoms. The van der Waals surface area contributed by atoms with Crippen LogP contribution < -0.4 is 10.6 Å². The van der Waals surface area contributed by atoms with E-state index in [0.29, 0.717) is 24.3 Å². The highest BCUT2D eigenvalue weighted by Gasteiger charge is 2.24. The number of hydrogen-bond donors (Lipinski definition) is 2. The number of guanidine groups is 1. The monoisotopic (exact) mass is 508 g/mol. The number of benzene rings is 2. The van der Waals surface area contributed by atoms with Gasteiger partial charge in [-0.1, -0.05) is 12.1 Å². The Morgan fingerprint density at radius 2 is 1.75 bits per heavy atom. The number of pyridine rings is 1. The number of anilines is 1. The molecule has 186 valence electrons. The van der Waals surface area contributed by atoms with E-state index in [1.165, 1.54) is 23.1 Å². The van der Waals surface area contributed by atoms with Gasteiger partial charge in [0, 0.05) is 43.3 Å². The normalized spacial score (nSPS) is 11.4. The molecule has 0 aliphatic heterocycles. The predicted molar refractivity (Wildman–Crippen MR) is 133 cm³/mol. The van der Waals surface area contributed by atoms with Crippen LogP contribution in [0.5, 0.6) is 0 Å². The molecule has 1 aromatic heterocycles. The third kappa shape index (κ3) is 6.22. The van der Waals surface area contributed by atoms with Crippen LogP contribution in [0, 0.1) is 17.3 Å². The lowest BCUT2D eigenvalue weighted by Crippen LogP contribution is -2.30. The highest BCUT2D eigenvalue weighted by molar-refractivity contribution is 7.91. The zero-order chi connectivity index (χ0) is 26.1. The summed E-state index contributed by atoms with van der Waals surface area (Å²) in [5, 5.41) is 14.9. The van der Waals surface area contributed by atoms with Gasteiger partial charge in [-0.2, -0.15) is 5.26 Å². The molecule has 0 aliphatic carbocycles. The van der Waals surface area contributed by atoms with Crippen molar-refractivity contribution in [3.8, 4) is 6.19 Å². The Morgan fingerprint density at radius 1 is 1.08 bits per heavy atom. The Morgan fingerprint density at radius 3 is 2.36 bits per heavy atom. The number of amides is 1. The van der Waals surface area contributed by atoms with Crippen molar-refractivity contribution >= 4 is 27.4 Å². The molecule has 0 spiro atoms. The molecule has 1 amide bonds. The Bertz CT molecular complexity index is 1380. The first-order chi connectivity index (χ1) is 17.3. The first-order valence-electron chi connectivity index (χ1n) is 11.1. The molecule has 3 rings (SSSR count). The number of carbonyl (C=O) groups is 1. The van der Waals surface area contributed by atoms with Gasteiger partial charge in [0.1, 0.15) is 10.7 Å². The molecule has 0 aliphatic rings. The van der Waals surface area contributed by atoms with Gasteiger partial charge in [-0.15, -0.1) is 4.99 Å². The van der Waals surface area contributed by atoms with Crippen molar-refractivity contribution in [2.75, 3.05) is 18.4 Å². The molecule has 0 atom stereocenters. The van der Waals surface area contributed by atoms with Crippen molar-refractivity contribution < 1.29 is 17.6 Å². The summed E-state index contributed by atoms with van der Waals surface area (Å²) in [5.41, 5.74) is 1.48. The Balaban J connectivity index is 1.78. The molecule has 9 nitrogen and oxygen atoms in total. The molecule has 2 N–H and O–H groups in total. The van der Waals surface area contributed by atoms with E-state index < -0.39 is 20.5 Å². The minimum atomic E-state index is -4.21. The van der Waals surface area contributed by atoms with Gasteiger partial charge < -0.3 is 15.5 Å². The summed E-state index contributed by atoms with van der Waals surface area (Å²) in [5.74, 6) is -1.10. The van der Waals surface area contributed by atoms with Crippen LogP contribution in [-0.2, 0) is 16.4 Å². The maximum atomic E-state index is 14.6. The standard InChI is InChI=1S/C25H25FN6O3S/c1-3-32(4-2)24(33)19-7-10-22(26)23(15-19)36(34,35)21-8-5-18(6-9-21)16-29-25(30-17-27)31-20-11-13-28-14-12-20/h5-15H,3-4,16H2,1-2H3,(H2,28,29,30,31). The van der Waals surface area contributed by atoms with Crippen LogP contribution in [0.3, 0.4) is 0 Å². The quantitative estimate of drug-likeness (QED) is 0.270. The fourth-order valence-corrected chi connectivity index (χ4v) is 4.72. The third-order valence-electron chi connectivity index (χ3n) is 5.32. The third-order valence-corrected chi connectivity index (χ3v) is 7.10. The Hall–Kier alpha value is -4.30. The SMILES string of the molecule is CCN(CC)C(=O)c1ccc(F)c(S(=O)(=O)c2ccc(CNC(=NC#N)Nc3ccncc3)cc2)c1. The fourth-order valence-electron chi connectivity index (χ4n) is 3.37. The van der Waals surface area contributed by atoms with Crippen molar-refractivity contribution in [1.82, 2.24) is 15.2 Å². The molecule has 2 aromatic carbocycles. The van der Waals surface area contributed by atoms with Crippen LogP contribution in [0.15, 0.2) is 81.8 Å². The van der Waals surface area contributed by atoms with E-state index in [-0.39, 0.29) is 28.9 Å². The van der Waals surface area contributed by atoms with Crippen LogP contribution in [-0.4, -0.2) is 43.3 Å². The molecule has 0 saturated carbocycles. The van der Waals surface area contributed by atoms with Crippen LogP contribution in [0.1, 0.15) is 29.8 Å². The number of aromatic nitrogens is 1. The van der Waals surface area contributed by atoms with Crippen LogP contribution >= 0.6 is 0 Å². The second kappa shape index (κ2) is 11.9. The summed E-state index contributed by atoms with van der Waals surface area (Å²) < 4.78 is 40.9. The molecule has 11 heteroatoms. The number of nitriles is 1. The van der Waals surface area contributed by atoms with E-state index in [1.54, 1.807) is 42.9 Å². The van der Waals surface area contributed by atoms with Gasteiger partial charge in [-0.05, 0) is 61.9 Å². The van der Waals surface area contributed by atoms with Crippen molar-refractivity contribution in [3.05, 3.63) is 83.9 Å². The molecular weight excluding hydrogens is 483 g/mol. The Kier molecular flexibility index (Phi) is 8.70. The van der Waals surface area contributed by atoms with Gasteiger partial charge in [0.05, 0.1) is 4.90 Å². The van der Waals surface area contributed by atoms with Gasteiger partial charge in [0.25, 0.3) is 5.91 Å². The summed E-state index contributed by atoms with van der Waals surface area (Å²) in [6.45, 7) is 4.75. The molecule has 3 aromatic rings. The van der Waals surface area contributed by atoms with Gasteiger partial charge in [0.2, 0.25) is 22.0 Å². The van der Waals surface area contributed by atoms with E-state index in [9.17, 15) is 17.6 Å². The summed E-state index contributed by atoms with van der Waals surface area (Å²) in [6.07, 6.45) is 4.88. The number of halogens is 1. The molecule has 0 saturated heterocycles. The van der Waals surface area contributed by atoms with Crippen molar-refractivity contribution in [2.24, 2.45) is 4.99 Å². The molecule has 0 fully saturated rings. The van der Waals surface area contributed by atoms with Gasteiger partial charge in [0.15, 0.2) is 0 Å².